The van der Waals surface area contributed by atoms with Crippen molar-refractivity contribution >= 4 is 11.8 Å². The number of amides is 2. The molecular weight excluding hydrogens is 332 g/mol. The number of fused-ring (bicyclic) bond motifs is 1. The summed E-state index contributed by atoms with van der Waals surface area (Å²) in [4.78, 5) is 24.8. The van der Waals surface area contributed by atoms with Crippen LogP contribution in [0.25, 0.3) is 0 Å². The summed E-state index contributed by atoms with van der Waals surface area (Å²) in [6.45, 7) is 5.47. The van der Waals surface area contributed by atoms with Gasteiger partial charge in [-0.2, -0.15) is 5.10 Å². The third kappa shape index (κ3) is 3.98. The molecule has 7 nitrogen and oxygen atoms in total. The van der Waals surface area contributed by atoms with Gasteiger partial charge in [-0.25, -0.2) is 0 Å². The molecule has 1 aliphatic carbocycles. The number of hydrogen-bond donors (Lipinski definition) is 3. The van der Waals surface area contributed by atoms with Crippen LogP contribution in [-0.2, 0) is 22.6 Å². The molecule has 2 atom stereocenters. The number of aromatic amines is 1. The number of nitrogens with one attached hydrogen (secondary N) is 3. The highest BCUT2D eigenvalue weighted by atomic mass is 16.5. The van der Waals surface area contributed by atoms with E-state index in [0.29, 0.717) is 31.8 Å². The van der Waals surface area contributed by atoms with Gasteiger partial charge >= 0.3 is 0 Å². The zero-order valence-corrected chi connectivity index (χ0v) is 15.6. The summed E-state index contributed by atoms with van der Waals surface area (Å²) in [6.07, 6.45) is 8.10. The van der Waals surface area contributed by atoms with Gasteiger partial charge in [0.15, 0.2) is 5.69 Å². The Bertz CT molecular complexity index is 697. The largest absolute Gasteiger partial charge is 0.370 e. The van der Waals surface area contributed by atoms with Crippen LogP contribution >= 0.6 is 0 Å². The van der Waals surface area contributed by atoms with Gasteiger partial charge in [0, 0.05) is 25.1 Å². The van der Waals surface area contributed by atoms with Gasteiger partial charge in [-0.1, -0.05) is 26.0 Å². The topological polar surface area (TPSA) is 96.1 Å². The van der Waals surface area contributed by atoms with Gasteiger partial charge in [0.1, 0.15) is 0 Å². The van der Waals surface area contributed by atoms with Gasteiger partial charge in [0.05, 0.1) is 23.8 Å². The van der Waals surface area contributed by atoms with E-state index >= 15 is 0 Å². The minimum Gasteiger partial charge on any atom is -0.370 e. The molecular formula is C19H28N4O3. The zero-order valence-electron chi connectivity index (χ0n) is 15.6. The molecule has 3 N–H and O–H groups in total. The van der Waals surface area contributed by atoms with Crippen LogP contribution in [0, 0.1) is 5.41 Å². The van der Waals surface area contributed by atoms with Crippen LogP contribution in [0.3, 0.4) is 0 Å². The Hall–Kier alpha value is -2.15. The Morgan fingerprint density at radius 3 is 2.96 bits per heavy atom. The van der Waals surface area contributed by atoms with Crippen LogP contribution in [0.4, 0.5) is 0 Å². The molecule has 0 aromatic carbocycles. The minimum absolute atomic E-state index is 0.0735. The van der Waals surface area contributed by atoms with Crippen molar-refractivity contribution in [2.24, 2.45) is 5.41 Å². The molecule has 2 aliphatic rings. The van der Waals surface area contributed by atoms with Crippen LogP contribution in [0.15, 0.2) is 12.2 Å². The molecule has 2 unspecified atom stereocenters. The number of ether oxygens (including phenoxy) is 1. The van der Waals surface area contributed by atoms with Crippen LogP contribution in [0.1, 0.15) is 61.3 Å². The molecule has 26 heavy (non-hydrogen) atoms. The van der Waals surface area contributed by atoms with E-state index in [9.17, 15) is 9.59 Å². The fourth-order valence-corrected chi connectivity index (χ4v) is 3.46. The van der Waals surface area contributed by atoms with E-state index in [0.717, 1.165) is 36.9 Å². The maximum Gasteiger partial charge on any atom is 0.272 e. The number of rotatable bonds is 6. The average Bonchev–Trinajstić information content (AvgIpc) is 3.08. The van der Waals surface area contributed by atoms with Crippen molar-refractivity contribution in [3.8, 4) is 0 Å². The third-order valence-corrected chi connectivity index (χ3v) is 5.23. The standard InChI is InChI=1S/C19H28N4O3/c1-3-9-20-17(24)16-14-10-13(26-12-15(14)22-23-16)11-21-18(25)19(2)7-5-4-6-8-19/h4-5,13H,3,6-12H2,1-2H3,(H,20,24)(H,21,25)(H,22,23). The lowest BCUT2D eigenvalue weighted by molar-refractivity contribution is -0.131. The predicted molar refractivity (Wildman–Crippen MR) is 97.6 cm³/mol. The summed E-state index contributed by atoms with van der Waals surface area (Å²) in [5.41, 5.74) is 1.85. The summed E-state index contributed by atoms with van der Waals surface area (Å²) < 4.78 is 5.82. The number of aromatic nitrogens is 2. The molecule has 0 saturated carbocycles. The van der Waals surface area contributed by atoms with Crippen LogP contribution in [-0.4, -0.2) is 41.2 Å². The average molecular weight is 360 g/mol. The number of H-pyrrole nitrogens is 1. The first kappa shape index (κ1) is 18.6. The van der Waals surface area contributed by atoms with Crippen molar-refractivity contribution in [2.45, 2.75) is 58.7 Å². The lowest BCUT2D eigenvalue weighted by Crippen LogP contribution is -2.44. The monoisotopic (exact) mass is 360 g/mol. The number of carbonyl (C=O) groups is 2. The van der Waals surface area contributed by atoms with Crippen molar-refractivity contribution in [2.75, 3.05) is 13.1 Å². The third-order valence-electron chi connectivity index (χ3n) is 5.23. The summed E-state index contributed by atoms with van der Waals surface area (Å²) in [5.74, 6) is -0.0834. The summed E-state index contributed by atoms with van der Waals surface area (Å²) in [7, 11) is 0. The predicted octanol–water partition coefficient (Wildman–Crippen LogP) is 1.85. The highest BCUT2D eigenvalue weighted by Crippen LogP contribution is 2.32. The molecule has 0 fully saturated rings. The second-order valence-electron chi connectivity index (χ2n) is 7.41. The first-order valence-electron chi connectivity index (χ1n) is 9.42. The van der Waals surface area contributed by atoms with E-state index in [1.807, 2.05) is 13.8 Å². The van der Waals surface area contributed by atoms with Gasteiger partial charge in [-0.3, -0.25) is 14.7 Å². The Morgan fingerprint density at radius 2 is 2.23 bits per heavy atom. The van der Waals surface area contributed by atoms with Gasteiger partial charge < -0.3 is 15.4 Å². The fourth-order valence-electron chi connectivity index (χ4n) is 3.46. The SMILES string of the molecule is CCCNC(=O)c1n[nH]c2c1CC(CNC(=O)C1(C)CC=CCC1)OC2. The molecule has 2 amide bonds. The molecule has 0 spiro atoms. The van der Waals surface area contributed by atoms with Crippen molar-refractivity contribution in [3.63, 3.8) is 0 Å². The lowest BCUT2D eigenvalue weighted by atomic mass is 9.78. The van der Waals surface area contributed by atoms with Crippen molar-refractivity contribution < 1.29 is 14.3 Å². The van der Waals surface area contributed by atoms with E-state index < -0.39 is 0 Å². The fraction of sp³-hybridized carbons (Fsp3) is 0.632. The van der Waals surface area contributed by atoms with Gasteiger partial charge in [0.2, 0.25) is 5.91 Å². The molecule has 0 bridgehead atoms. The molecule has 0 saturated heterocycles. The second-order valence-corrected chi connectivity index (χ2v) is 7.41. The summed E-state index contributed by atoms with van der Waals surface area (Å²) in [6, 6.07) is 0. The Balaban J connectivity index is 1.58. The molecule has 1 aromatic rings. The normalized spacial score (nSPS) is 24.8. The highest BCUT2D eigenvalue weighted by Gasteiger charge is 2.34. The van der Waals surface area contributed by atoms with Crippen molar-refractivity contribution in [3.05, 3.63) is 29.1 Å². The zero-order chi connectivity index (χ0) is 18.6. The first-order chi connectivity index (χ1) is 12.5. The van der Waals surface area contributed by atoms with E-state index in [4.69, 9.17) is 4.74 Å². The maximum atomic E-state index is 12.6. The molecule has 3 rings (SSSR count). The smallest absolute Gasteiger partial charge is 0.272 e. The van der Waals surface area contributed by atoms with Gasteiger partial charge in [-0.15, -0.1) is 0 Å². The first-order valence-corrected chi connectivity index (χ1v) is 9.42. The molecule has 1 aromatic heterocycles. The number of carbonyl (C=O) groups excluding carboxylic acids is 2. The van der Waals surface area contributed by atoms with Crippen LogP contribution in [0.2, 0.25) is 0 Å². The van der Waals surface area contributed by atoms with E-state index in [2.05, 4.69) is 33.0 Å². The van der Waals surface area contributed by atoms with Crippen molar-refractivity contribution in [1.82, 2.24) is 20.8 Å². The van der Waals surface area contributed by atoms with Crippen LogP contribution in [0.5, 0.6) is 0 Å². The number of nitrogens with zero attached hydrogens (tertiary/aromatic N) is 1. The Morgan fingerprint density at radius 1 is 1.38 bits per heavy atom. The number of allylic oxidation sites excluding steroid dienone is 2. The second kappa shape index (κ2) is 8.03. The maximum absolute atomic E-state index is 12.6. The Labute approximate surface area is 154 Å². The summed E-state index contributed by atoms with van der Waals surface area (Å²) in [5, 5.41) is 12.9. The Kier molecular flexibility index (Phi) is 5.76. The van der Waals surface area contributed by atoms with E-state index in [-0.39, 0.29) is 23.3 Å². The summed E-state index contributed by atoms with van der Waals surface area (Å²) >= 11 is 0. The molecule has 7 heteroatoms. The number of hydrogen-bond acceptors (Lipinski definition) is 4. The van der Waals surface area contributed by atoms with E-state index in [1.165, 1.54) is 0 Å². The minimum atomic E-state index is -0.338. The van der Waals surface area contributed by atoms with Gasteiger partial charge in [-0.05, 0) is 25.7 Å². The molecule has 2 heterocycles. The molecule has 0 radical (unpaired) electrons. The quantitative estimate of drug-likeness (QED) is 0.675. The highest BCUT2D eigenvalue weighted by molar-refractivity contribution is 5.94. The van der Waals surface area contributed by atoms with Gasteiger partial charge in [0.25, 0.3) is 5.91 Å². The molecule has 142 valence electrons. The van der Waals surface area contributed by atoms with E-state index in [1.54, 1.807) is 0 Å². The van der Waals surface area contributed by atoms with Crippen LogP contribution < -0.4 is 10.6 Å². The lowest BCUT2D eigenvalue weighted by Gasteiger charge is -2.30. The molecule has 1 aliphatic heterocycles. The van der Waals surface area contributed by atoms with Crippen molar-refractivity contribution in [1.29, 1.82) is 0 Å².